The Labute approximate surface area is 495 Å². The predicted octanol–water partition coefficient (Wildman–Crippen LogP) is 23.3. The highest BCUT2D eigenvalue weighted by atomic mass is 16.6. The molecule has 0 aliphatic rings. The van der Waals surface area contributed by atoms with Crippen LogP contribution in [0.25, 0.3) is 0 Å². The summed E-state index contributed by atoms with van der Waals surface area (Å²) >= 11 is 0. The molecule has 1 unspecified atom stereocenters. The number of ether oxygens (including phenoxy) is 2. The van der Waals surface area contributed by atoms with E-state index in [1.807, 2.05) is 0 Å². The lowest BCUT2D eigenvalue weighted by Gasteiger charge is -2.15. The van der Waals surface area contributed by atoms with Gasteiger partial charge in [-0.15, -0.1) is 0 Å². The van der Waals surface area contributed by atoms with Gasteiger partial charge in [-0.05, 0) is 116 Å². The Balaban J connectivity index is 3.49. The molecule has 0 aromatic heterocycles. The van der Waals surface area contributed by atoms with Gasteiger partial charge in [0.2, 0.25) is 0 Å². The van der Waals surface area contributed by atoms with E-state index >= 15 is 0 Å². The topological polar surface area (TPSA) is 72.8 Å². The van der Waals surface area contributed by atoms with Crippen molar-refractivity contribution in [1.82, 2.24) is 0 Å². The minimum absolute atomic E-state index is 0.0753. The number of hydrogen-bond donors (Lipinski definition) is 1. The Kier molecular flexibility index (Phi) is 65.4. The smallest absolute Gasteiger partial charge is 0.306 e. The second kappa shape index (κ2) is 69.1. The van der Waals surface area contributed by atoms with Gasteiger partial charge in [0.15, 0.2) is 6.10 Å². The van der Waals surface area contributed by atoms with Crippen LogP contribution in [0, 0.1) is 0 Å². The van der Waals surface area contributed by atoms with Gasteiger partial charge < -0.3 is 14.6 Å². The molecule has 0 fully saturated rings. The maximum absolute atomic E-state index is 12.4. The van der Waals surface area contributed by atoms with Crippen molar-refractivity contribution >= 4 is 11.9 Å². The summed E-state index contributed by atoms with van der Waals surface area (Å²) in [5.41, 5.74) is 0. The van der Waals surface area contributed by atoms with Crippen molar-refractivity contribution < 1.29 is 24.2 Å². The van der Waals surface area contributed by atoms with Crippen molar-refractivity contribution in [2.24, 2.45) is 0 Å². The summed E-state index contributed by atoms with van der Waals surface area (Å²) in [4.78, 5) is 24.6. The van der Waals surface area contributed by atoms with Crippen molar-refractivity contribution in [3.8, 4) is 0 Å². The summed E-state index contributed by atoms with van der Waals surface area (Å²) in [6.07, 6.45) is 104. The van der Waals surface area contributed by atoms with Gasteiger partial charge in [-0.3, -0.25) is 9.59 Å². The highest BCUT2D eigenvalue weighted by Gasteiger charge is 2.16. The van der Waals surface area contributed by atoms with E-state index < -0.39 is 6.10 Å². The Bertz CT molecular complexity index is 1680. The second-order valence-electron chi connectivity index (χ2n) is 21.8. The third kappa shape index (κ3) is 66.3. The molecule has 0 aliphatic carbocycles. The van der Waals surface area contributed by atoms with Crippen LogP contribution < -0.4 is 0 Å². The van der Waals surface area contributed by atoms with Crippen LogP contribution in [0.4, 0.5) is 0 Å². The molecule has 0 aliphatic heterocycles. The zero-order valence-electron chi connectivity index (χ0n) is 52.0. The molecule has 0 saturated heterocycles. The van der Waals surface area contributed by atoms with Crippen molar-refractivity contribution in [3.63, 3.8) is 0 Å². The Morgan fingerprint density at radius 3 is 0.750 bits per heavy atom. The lowest BCUT2D eigenvalue weighted by molar-refractivity contribution is -0.161. The molecule has 5 heteroatoms. The molecule has 0 heterocycles. The maximum Gasteiger partial charge on any atom is 0.306 e. The van der Waals surface area contributed by atoms with Crippen molar-refractivity contribution in [2.75, 3.05) is 13.2 Å². The SMILES string of the molecule is CC/C=C\C/C=C\C/C=C\C/C=C\C/C=C\C/C=C\CCCCCCCCCCCCCCCCCCCCCCC(=O)OC(CO)COC(=O)CCCCCCCCCC/C=C\C/C=C\C/C=C\C/C=C\C/C=C\C/C=C\CC. The third-order valence-corrected chi connectivity index (χ3v) is 14.1. The number of carbonyl (C=O) groups is 2. The molecule has 0 spiro atoms. The van der Waals surface area contributed by atoms with Crippen LogP contribution in [0.3, 0.4) is 0 Å². The number of unbranched alkanes of at least 4 members (excludes halogenated alkanes) is 28. The fraction of sp³-hybridized carbons (Fsp3) is 0.653. The Hall–Kier alpha value is -4.22. The highest BCUT2D eigenvalue weighted by Crippen LogP contribution is 2.17. The third-order valence-electron chi connectivity index (χ3n) is 14.1. The number of rotatable bonds is 60. The van der Waals surface area contributed by atoms with Gasteiger partial charge in [0, 0.05) is 12.8 Å². The molecule has 5 nitrogen and oxygen atoms in total. The summed E-state index contributed by atoms with van der Waals surface area (Å²) in [6, 6.07) is 0. The molecule has 0 bridgehead atoms. The highest BCUT2D eigenvalue weighted by molar-refractivity contribution is 5.70. The number of allylic oxidation sites excluding steroid dienone is 24. The first-order valence-electron chi connectivity index (χ1n) is 33.4. The number of carbonyl (C=O) groups excluding carboxylic acids is 2. The van der Waals surface area contributed by atoms with Crippen molar-refractivity contribution in [1.29, 1.82) is 0 Å². The van der Waals surface area contributed by atoms with Gasteiger partial charge in [0.1, 0.15) is 6.61 Å². The first-order valence-corrected chi connectivity index (χ1v) is 33.4. The number of esters is 2. The van der Waals surface area contributed by atoms with Gasteiger partial charge in [-0.2, -0.15) is 0 Å². The lowest BCUT2D eigenvalue weighted by Crippen LogP contribution is -2.28. The predicted molar refractivity (Wildman–Crippen MR) is 352 cm³/mol. The van der Waals surface area contributed by atoms with E-state index in [0.29, 0.717) is 12.8 Å². The van der Waals surface area contributed by atoms with Gasteiger partial charge in [-0.25, -0.2) is 0 Å². The minimum atomic E-state index is -0.785. The van der Waals surface area contributed by atoms with E-state index in [0.717, 1.165) is 122 Å². The molecule has 0 amide bonds. The summed E-state index contributed by atoms with van der Waals surface area (Å²) in [7, 11) is 0. The molecule has 454 valence electrons. The first-order chi connectivity index (χ1) is 39.6. The van der Waals surface area contributed by atoms with Crippen LogP contribution in [0.1, 0.15) is 296 Å². The fourth-order valence-electron chi connectivity index (χ4n) is 9.21. The van der Waals surface area contributed by atoms with Crippen LogP contribution >= 0.6 is 0 Å². The van der Waals surface area contributed by atoms with Crippen LogP contribution in [0.2, 0.25) is 0 Å². The Morgan fingerprint density at radius 2 is 0.500 bits per heavy atom. The maximum atomic E-state index is 12.4. The van der Waals surface area contributed by atoms with Gasteiger partial charge >= 0.3 is 11.9 Å². The van der Waals surface area contributed by atoms with Crippen LogP contribution in [-0.4, -0.2) is 36.4 Å². The van der Waals surface area contributed by atoms with E-state index in [1.165, 1.54) is 148 Å². The van der Waals surface area contributed by atoms with E-state index in [1.54, 1.807) is 0 Å². The van der Waals surface area contributed by atoms with Crippen LogP contribution in [-0.2, 0) is 19.1 Å². The van der Waals surface area contributed by atoms with E-state index in [2.05, 4.69) is 160 Å². The van der Waals surface area contributed by atoms with Crippen LogP contribution in [0.15, 0.2) is 146 Å². The molecular weight excluding hydrogens is 981 g/mol. The minimum Gasteiger partial charge on any atom is -0.462 e. The molecular formula is C75H124O5. The average Bonchev–Trinajstić information content (AvgIpc) is 3.46. The zero-order chi connectivity index (χ0) is 57.6. The fourth-order valence-corrected chi connectivity index (χ4v) is 9.21. The molecule has 80 heavy (non-hydrogen) atoms. The summed E-state index contributed by atoms with van der Waals surface area (Å²) < 4.78 is 10.7. The molecule has 0 aromatic carbocycles. The van der Waals surface area contributed by atoms with E-state index in [-0.39, 0.29) is 25.2 Å². The van der Waals surface area contributed by atoms with Gasteiger partial charge in [-0.1, -0.05) is 314 Å². The standard InChI is InChI=1S/C75H124O5/c1-3-5-7-9-11-13-15-17-19-21-23-25-27-29-31-32-33-34-35-36-37-38-39-40-41-42-44-46-48-50-52-54-56-58-60-62-64-66-68-70-75(78)80-73(71-76)72-79-74(77)69-67-65-63-61-59-57-55-53-51-49-47-45-43-30-28-26-24-22-20-18-16-14-12-10-8-6-4-2/h5-8,11-14,17-20,23-26,29-31,33-34,43,47,49,73,76H,3-4,9-10,15-16,21-22,27-28,32,35-42,44-46,48,50-72H2,1-2H3/b7-5-,8-6-,13-11-,14-12-,19-17-,20-18-,25-23-,26-24-,31-29-,34-33-,43-30-,49-47-. The quantitative estimate of drug-likeness (QED) is 0.0373. The van der Waals surface area contributed by atoms with Gasteiger partial charge in [0.05, 0.1) is 6.61 Å². The van der Waals surface area contributed by atoms with Crippen molar-refractivity contribution in [3.05, 3.63) is 146 Å². The largest absolute Gasteiger partial charge is 0.462 e. The van der Waals surface area contributed by atoms with Gasteiger partial charge in [0.25, 0.3) is 0 Å². The monoisotopic (exact) mass is 1100 g/mol. The van der Waals surface area contributed by atoms with Crippen molar-refractivity contribution in [2.45, 2.75) is 302 Å². The average molecular weight is 1110 g/mol. The second-order valence-corrected chi connectivity index (χ2v) is 21.8. The molecule has 0 radical (unpaired) electrons. The van der Waals surface area contributed by atoms with Crippen LogP contribution in [0.5, 0.6) is 0 Å². The number of hydrogen-bond acceptors (Lipinski definition) is 5. The zero-order valence-corrected chi connectivity index (χ0v) is 52.0. The van der Waals surface area contributed by atoms with E-state index in [4.69, 9.17) is 9.47 Å². The molecule has 1 N–H and O–H groups in total. The molecule has 1 atom stereocenters. The first kappa shape index (κ1) is 75.8. The molecule has 0 rings (SSSR count). The normalized spacial score (nSPS) is 13.2. The summed E-state index contributed by atoms with van der Waals surface area (Å²) in [5.74, 6) is -0.598. The Morgan fingerprint density at radius 1 is 0.287 bits per heavy atom. The summed E-state index contributed by atoms with van der Waals surface area (Å²) in [5, 5.41) is 9.69. The number of aliphatic hydroxyl groups excluding tert-OH is 1. The number of aliphatic hydroxyl groups is 1. The summed E-state index contributed by atoms with van der Waals surface area (Å²) in [6.45, 7) is 3.92. The molecule has 0 saturated carbocycles. The van der Waals surface area contributed by atoms with E-state index in [9.17, 15) is 14.7 Å². The lowest BCUT2D eigenvalue weighted by atomic mass is 10.0. The molecule has 0 aromatic rings.